The molecular formula is C15H18F6N2O. The second-order valence-electron chi connectivity index (χ2n) is 5.43. The Labute approximate surface area is 135 Å². The number of para-hydroxylation sites is 1. The van der Waals surface area contributed by atoms with Gasteiger partial charge in [-0.2, -0.15) is 17.6 Å². The largest absolute Gasteiger partial charge is 0.461 e. The average molecular weight is 356 g/mol. The van der Waals surface area contributed by atoms with Gasteiger partial charge in [0.1, 0.15) is 5.75 Å². The summed E-state index contributed by atoms with van der Waals surface area (Å²) in [6, 6.07) is 4.36. The number of halogens is 6. The first-order valence-corrected chi connectivity index (χ1v) is 7.48. The second-order valence-corrected chi connectivity index (χ2v) is 5.43. The second kappa shape index (κ2) is 8.06. The van der Waals surface area contributed by atoms with E-state index in [0.717, 1.165) is 6.07 Å². The van der Waals surface area contributed by atoms with E-state index in [1.807, 2.05) is 0 Å². The zero-order valence-electron chi connectivity index (χ0n) is 12.7. The van der Waals surface area contributed by atoms with Crippen molar-refractivity contribution in [2.45, 2.75) is 31.4 Å². The lowest BCUT2D eigenvalue weighted by molar-refractivity contribution is -0.253. The summed E-state index contributed by atoms with van der Waals surface area (Å²) in [5.41, 5.74) is 0.0556. The molecule has 1 aromatic carbocycles. The molecule has 1 aromatic rings. The molecule has 2 rings (SSSR count). The molecule has 0 aromatic heterocycles. The summed E-state index contributed by atoms with van der Waals surface area (Å²) in [6.45, 7) is 2.01. The molecule has 1 aliphatic heterocycles. The van der Waals surface area contributed by atoms with Gasteiger partial charge in [-0.3, -0.25) is 4.90 Å². The summed E-state index contributed by atoms with van der Waals surface area (Å²) in [6.07, 6.45) is -12.0. The van der Waals surface area contributed by atoms with Crippen molar-refractivity contribution in [3.05, 3.63) is 29.8 Å². The van der Waals surface area contributed by atoms with Crippen molar-refractivity contribution < 1.29 is 31.1 Å². The smallest absolute Gasteiger partial charge is 0.428 e. The number of rotatable bonds is 7. The number of nitrogens with zero attached hydrogens (tertiary/aromatic N) is 1. The van der Waals surface area contributed by atoms with E-state index in [1.54, 1.807) is 4.90 Å². The third-order valence-corrected chi connectivity index (χ3v) is 3.77. The molecule has 0 spiro atoms. The first kappa shape index (κ1) is 18.9. The van der Waals surface area contributed by atoms with Gasteiger partial charge in [-0.25, -0.2) is 8.78 Å². The highest BCUT2D eigenvalue weighted by Gasteiger charge is 2.44. The van der Waals surface area contributed by atoms with Crippen LogP contribution in [0.25, 0.3) is 0 Å². The Bertz CT molecular complexity index is 522. The standard InChI is InChI=1S/C15H18F6N2O/c16-13(17)9-11(23-7-5-22-6-8-23)10-3-1-2-4-12(10)24-15(20,21)14(18)19/h1-4,11,13-14,22H,5-9H2/t11-/m0/s1. The number of ether oxygens (including phenoxy) is 1. The van der Waals surface area contributed by atoms with Crippen molar-refractivity contribution in [3.63, 3.8) is 0 Å². The molecule has 1 N–H and O–H groups in total. The molecule has 0 saturated carbocycles. The Morgan fingerprint density at radius 2 is 1.71 bits per heavy atom. The minimum absolute atomic E-state index is 0.0556. The predicted octanol–water partition coefficient (Wildman–Crippen LogP) is 3.52. The van der Waals surface area contributed by atoms with E-state index in [4.69, 9.17) is 0 Å². The van der Waals surface area contributed by atoms with Crippen molar-refractivity contribution in [2.24, 2.45) is 0 Å². The van der Waals surface area contributed by atoms with Crippen LogP contribution >= 0.6 is 0 Å². The van der Waals surface area contributed by atoms with Gasteiger partial charge < -0.3 is 10.1 Å². The van der Waals surface area contributed by atoms with Crippen LogP contribution in [0, 0.1) is 0 Å². The van der Waals surface area contributed by atoms with Crippen LogP contribution in [0.1, 0.15) is 18.0 Å². The van der Waals surface area contributed by atoms with Crippen LogP contribution in [-0.2, 0) is 0 Å². The molecule has 1 atom stereocenters. The van der Waals surface area contributed by atoms with Crippen LogP contribution < -0.4 is 10.1 Å². The summed E-state index contributed by atoms with van der Waals surface area (Å²) in [5, 5.41) is 3.06. The van der Waals surface area contributed by atoms with Gasteiger partial charge in [-0.05, 0) is 6.07 Å². The fourth-order valence-electron chi connectivity index (χ4n) is 2.68. The number of alkyl halides is 6. The molecule has 0 radical (unpaired) electrons. The molecule has 1 saturated heterocycles. The molecule has 1 fully saturated rings. The van der Waals surface area contributed by atoms with E-state index in [1.165, 1.54) is 18.2 Å². The maximum Gasteiger partial charge on any atom is 0.461 e. The molecule has 0 amide bonds. The topological polar surface area (TPSA) is 24.5 Å². The van der Waals surface area contributed by atoms with Gasteiger partial charge in [0, 0.05) is 44.2 Å². The molecule has 136 valence electrons. The van der Waals surface area contributed by atoms with Gasteiger partial charge in [0.2, 0.25) is 6.43 Å². The monoisotopic (exact) mass is 356 g/mol. The molecule has 0 bridgehead atoms. The van der Waals surface area contributed by atoms with Gasteiger partial charge in [-0.1, -0.05) is 18.2 Å². The number of hydrogen-bond acceptors (Lipinski definition) is 3. The maximum atomic E-state index is 13.2. The van der Waals surface area contributed by atoms with Gasteiger partial charge in [0.25, 0.3) is 0 Å². The number of nitrogens with one attached hydrogen (secondary N) is 1. The molecule has 0 unspecified atom stereocenters. The lowest BCUT2D eigenvalue weighted by Gasteiger charge is -2.36. The quantitative estimate of drug-likeness (QED) is 0.757. The zero-order valence-corrected chi connectivity index (χ0v) is 12.7. The minimum Gasteiger partial charge on any atom is -0.428 e. The van der Waals surface area contributed by atoms with E-state index < -0.39 is 37.2 Å². The van der Waals surface area contributed by atoms with E-state index in [9.17, 15) is 26.3 Å². The van der Waals surface area contributed by atoms with Gasteiger partial charge in [-0.15, -0.1) is 0 Å². The Kier molecular flexibility index (Phi) is 6.34. The van der Waals surface area contributed by atoms with Gasteiger partial charge >= 0.3 is 12.5 Å². The van der Waals surface area contributed by atoms with Crippen LogP contribution in [0.2, 0.25) is 0 Å². The van der Waals surface area contributed by atoms with Crippen LogP contribution in [0.4, 0.5) is 26.3 Å². The molecule has 0 aliphatic carbocycles. The number of benzene rings is 1. The molecule has 1 aliphatic rings. The molecular weight excluding hydrogens is 338 g/mol. The van der Waals surface area contributed by atoms with E-state index in [-0.39, 0.29) is 5.56 Å². The summed E-state index contributed by atoms with van der Waals surface area (Å²) < 4.78 is 81.4. The highest BCUT2D eigenvalue weighted by molar-refractivity contribution is 5.36. The van der Waals surface area contributed by atoms with E-state index >= 15 is 0 Å². The van der Waals surface area contributed by atoms with Crippen LogP contribution in [0.5, 0.6) is 5.75 Å². The molecule has 24 heavy (non-hydrogen) atoms. The van der Waals surface area contributed by atoms with Crippen molar-refractivity contribution in [1.82, 2.24) is 10.2 Å². The lowest BCUT2D eigenvalue weighted by atomic mass is 10.00. The van der Waals surface area contributed by atoms with E-state index in [2.05, 4.69) is 10.1 Å². The average Bonchev–Trinajstić information content (AvgIpc) is 2.53. The van der Waals surface area contributed by atoms with Crippen LogP contribution in [0.15, 0.2) is 24.3 Å². The minimum atomic E-state index is -4.69. The summed E-state index contributed by atoms with van der Waals surface area (Å²) in [4.78, 5) is 1.71. The SMILES string of the molecule is FC(F)C[C@@H](c1ccccc1OC(F)(F)C(F)F)N1CCNCC1. The highest BCUT2D eigenvalue weighted by atomic mass is 19.3. The van der Waals surface area contributed by atoms with Gasteiger partial charge in [0.15, 0.2) is 0 Å². The first-order chi connectivity index (χ1) is 11.3. The fourth-order valence-corrected chi connectivity index (χ4v) is 2.68. The predicted molar refractivity (Wildman–Crippen MR) is 75.8 cm³/mol. The van der Waals surface area contributed by atoms with Crippen LogP contribution in [-0.4, -0.2) is 50.0 Å². The summed E-state index contributed by atoms with van der Waals surface area (Å²) in [7, 11) is 0. The third kappa shape index (κ3) is 4.76. The molecule has 9 heteroatoms. The Hall–Kier alpha value is -1.48. The summed E-state index contributed by atoms with van der Waals surface area (Å²) in [5.74, 6) is -0.507. The molecule has 1 heterocycles. The third-order valence-electron chi connectivity index (χ3n) is 3.77. The Balaban J connectivity index is 2.31. The van der Waals surface area contributed by atoms with Gasteiger partial charge in [0.05, 0.1) is 0 Å². The fraction of sp³-hybridized carbons (Fsp3) is 0.600. The van der Waals surface area contributed by atoms with Crippen molar-refractivity contribution >= 4 is 0 Å². The number of hydrogen-bond donors (Lipinski definition) is 1. The van der Waals surface area contributed by atoms with Crippen LogP contribution in [0.3, 0.4) is 0 Å². The highest BCUT2D eigenvalue weighted by Crippen LogP contribution is 2.37. The van der Waals surface area contributed by atoms with E-state index in [0.29, 0.717) is 26.2 Å². The number of piperazine rings is 1. The normalized spacial score (nSPS) is 18.2. The zero-order chi connectivity index (χ0) is 17.7. The Morgan fingerprint density at radius 3 is 2.29 bits per heavy atom. The lowest BCUT2D eigenvalue weighted by Crippen LogP contribution is -2.45. The summed E-state index contributed by atoms with van der Waals surface area (Å²) >= 11 is 0. The Morgan fingerprint density at radius 1 is 1.08 bits per heavy atom. The maximum absolute atomic E-state index is 13.2. The first-order valence-electron chi connectivity index (χ1n) is 7.48. The van der Waals surface area contributed by atoms with Crippen molar-refractivity contribution in [2.75, 3.05) is 26.2 Å². The molecule has 3 nitrogen and oxygen atoms in total. The van der Waals surface area contributed by atoms with Crippen molar-refractivity contribution in [1.29, 1.82) is 0 Å². The van der Waals surface area contributed by atoms with Crippen molar-refractivity contribution in [3.8, 4) is 5.75 Å².